The monoisotopic (exact) mass is 323 g/mol. The van der Waals surface area contributed by atoms with Gasteiger partial charge in [0.15, 0.2) is 0 Å². The highest BCUT2D eigenvalue weighted by Crippen LogP contribution is 2.23. The molecular formula is C21H25NO2. The lowest BCUT2D eigenvalue weighted by atomic mass is 9.88. The molecule has 2 aromatic rings. The van der Waals surface area contributed by atoms with Crippen molar-refractivity contribution in [3.8, 4) is 0 Å². The van der Waals surface area contributed by atoms with Crippen LogP contribution in [0.25, 0.3) is 0 Å². The number of hydrogen-bond acceptors (Lipinski definition) is 2. The molecule has 0 bridgehead atoms. The Morgan fingerprint density at radius 2 is 1.50 bits per heavy atom. The van der Waals surface area contributed by atoms with Crippen LogP contribution >= 0.6 is 0 Å². The largest absolute Gasteiger partial charge is 0.392 e. The summed E-state index contributed by atoms with van der Waals surface area (Å²) >= 11 is 0. The van der Waals surface area contributed by atoms with E-state index in [1.165, 1.54) is 5.56 Å². The molecule has 3 nitrogen and oxygen atoms in total. The van der Waals surface area contributed by atoms with Gasteiger partial charge in [-0.15, -0.1) is 0 Å². The minimum Gasteiger partial charge on any atom is -0.392 e. The van der Waals surface area contributed by atoms with Crippen molar-refractivity contribution in [2.24, 2.45) is 5.92 Å². The molecule has 2 aromatic carbocycles. The van der Waals surface area contributed by atoms with Crippen LogP contribution in [-0.2, 0) is 17.6 Å². The predicted molar refractivity (Wildman–Crippen MR) is 95.6 cm³/mol. The van der Waals surface area contributed by atoms with Gasteiger partial charge in [0.25, 0.3) is 0 Å². The molecule has 1 fully saturated rings. The Morgan fingerprint density at radius 3 is 2.08 bits per heavy atom. The van der Waals surface area contributed by atoms with Gasteiger partial charge in [-0.25, -0.2) is 0 Å². The Hall–Kier alpha value is -2.13. The van der Waals surface area contributed by atoms with Gasteiger partial charge in [-0.05, 0) is 36.3 Å². The average molecular weight is 323 g/mol. The van der Waals surface area contributed by atoms with Crippen LogP contribution in [0.3, 0.4) is 0 Å². The quantitative estimate of drug-likeness (QED) is 0.918. The highest BCUT2D eigenvalue weighted by atomic mass is 16.3. The fraction of sp³-hybridized carbons (Fsp3) is 0.381. The Kier molecular flexibility index (Phi) is 5.65. The standard InChI is InChI=1S/C21H25NO2/c23-20(15-17-7-3-1-4-8-17)19-11-13-22(14-12-19)21(24)16-18-9-5-2-6-10-18/h1-10,19-20,23H,11-16H2/t20-/m0/s1. The molecule has 1 aliphatic rings. The second-order valence-corrected chi connectivity index (χ2v) is 6.64. The molecule has 126 valence electrons. The smallest absolute Gasteiger partial charge is 0.226 e. The highest BCUT2D eigenvalue weighted by Gasteiger charge is 2.27. The maximum Gasteiger partial charge on any atom is 0.226 e. The van der Waals surface area contributed by atoms with Gasteiger partial charge in [-0.3, -0.25) is 4.79 Å². The van der Waals surface area contributed by atoms with Gasteiger partial charge in [0, 0.05) is 13.1 Å². The average Bonchev–Trinajstić information content (AvgIpc) is 2.63. The number of carbonyl (C=O) groups excluding carboxylic acids is 1. The van der Waals surface area contributed by atoms with E-state index >= 15 is 0 Å². The molecule has 24 heavy (non-hydrogen) atoms. The van der Waals surface area contributed by atoms with Gasteiger partial charge >= 0.3 is 0 Å². The van der Waals surface area contributed by atoms with Crippen molar-refractivity contribution < 1.29 is 9.90 Å². The number of aliphatic hydroxyl groups is 1. The summed E-state index contributed by atoms with van der Waals surface area (Å²) in [4.78, 5) is 14.3. The fourth-order valence-electron chi connectivity index (χ4n) is 3.44. The van der Waals surface area contributed by atoms with Crippen molar-refractivity contribution in [1.29, 1.82) is 0 Å². The third-order valence-corrected chi connectivity index (χ3v) is 4.92. The number of amides is 1. The molecule has 0 unspecified atom stereocenters. The van der Waals surface area contributed by atoms with E-state index in [0.717, 1.165) is 31.5 Å². The summed E-state index contributed by atoms with van der Waals surface area (Å²) in [6.07, 6.45) is 2.61. The number of carbonyl (C=O) groups is 1. The van der Waals surface area contributed by atoms with Gasteiger partial charge in [-0.2, -0.15) is 0 Å². The molecule has 1 amide bonds. The maximum absolute atomic E-state index is 12.4. The SMILES string of the molecule is O=C(Cc1ccccc1)N1CCC([C@@H](O)Cc2ccccc2)CC1. The second kappa shape index (κ2) is 8.11. The second-order valence-electron chi connectivity index (χ2n) is 6.64. The Morgan fingerprint density at radius 1 is 0.958 bits per heavy atom. The molecule has 0 saturated carbocycles. The molecule has 1 N–H and O–H groups in total. The lowest BCUT2D eigenvalue weighted by molar-refractivity contribution is -0.132. The van der Waals surface area contributed by atoms with Gasteiger partial charge in [0.05, 0.1) is 12.5 Å². The number of rotatable bonds is 5. The van der Waals surface area contributed by atoms with Crippen LogP contribution < -0.4 is 0 Å². The van der Waals surface area contributed by atoms with E-state index in [1.807, 2.05) is 53.4 Å². The summed E-state index contributed by atoms with van der Waals surface area (Å²) in [6, 6.07) is 20.0. The molecule has 0 radical (unpaired) electrons. The lowest BCUT2D eigenvalue weighted by Crippen LogP contribution is -2.42. The van der Waals surface area contributed by atoms with E-state index < -0.39 is 0 Å². The summed E-state index contributed by atoms with van der Waals surface area (Å²) in [5.41, 5.74) is 2.24. The molecule has 0 aromatic heterocycles. The van der Waals surface area contributed by atoms with Crippen LogP contribution in [0.1, 0.15) is 24.0 Å². The summed E-state index contributed by atoms with van der Waals surface area (Å²) in [6.45, 7) is 1.50. The Balaban J connectivity index is 1.47. The van der Waals surface area contributed by atoms with Crippen LogP contribution in [0.5, 0.6) is 0 Å². The first kappa shape index (κ1) is 16.7. The lowest BCUT2D eigenvalue weighted by Gasteiger charge is -2.34. The third-order valence-electron chi connectivity index (χ3n) is 4.92. The van der Waals surface area contributed by atoms with Crippen molar-refractivity contribution in [3.05, 3.63) is 71.8 Å². The van der Waals surface area contributed by atoms with Crippen molar-refractivity contribution in [2.45, 2.75) is 31.8 Å². The zero-order chi connectivity index (χ0) is 16.8. The molecule has 1 heterocycles. The number of nitrogens with zero attached hydrogens (tertiary/aromatic N) is 1. The van der Waals surface area contributed by atoms with E-state index in [1.54, 1.807) is 0 Å². The zero-order valence-corrected chi connectivity index (χ0v) is 14.0. The van der Waals surface area contributed by atoms with Crippen molar-refractivity contribution in [2.75, 3.05) is 13.1 Å². The van der Waals surface area contributed by atoms with Crippen molar-refractivity contribution in [3.63, 3.8) is 0 Å². The molecule has 1 atom stereocenters. The minimum absolute atomic E-state index is 0.192. The van der Waals surface area contributed by atoms with E-state index in [9.17, 15) is 9.90 Å². The number of benzene rings is 2. The van der Waals surface area contributed by atoms with Crippen LogP contribution in [-0.4, -0.2) is 35.1 Å². The molecule has 0 spiro atoms. The first-order valence-electron chi connectivity index (χ1n) is 8.76. The van der Waals surface area contributed by atoms with Crippen molar-refractivity contribution in [1.82, 2.24) is 4.90 Å². The molecule has 3 heteroatoms. The number of hydrogen-bond donors (Lipinski definition) is 1. The van der Waals surface area contributed by atoms with E-state index in [2.05, 4.69) is 12.1 Å². The zero-order valence-electron chi connectivity index (χ0n) is 14.0. The van der Waals surface area contributed by atoms with Gasteiger partial charge in [0.1, 0.15) is 0 Å². The van der Waals surface area contributed by atoms with Crippen LogP contribution in [0.15, 0.2) is 60.7 Å². The van der Waals surface area contributed by atoms with E-state index in [-0.39, 0.29) is 17.9 Å². The first-order chi connectivity index (χ1) is 11.7. The van der Waals surface area contributed by atoms with Crippen LogP contribution in [0.2, 0.25) is 0 Å². The first-order valence-corrected chi connectivity index (χ1v) is 8.76. The van der Waals surface area contributed by atoms with E-state index in [0.29, 0.717) is 12.8 Å². The van der Waals surface area contributed by atoms with E-state index in [4.69, 9.17) is 0 Å². The molecule has 1 saturated heterocycles. The number of aliphatic hydroxyl groups excluding tert-OH is 1. The maximum atomic E-state index is 12.4. The van der Waals surface area contributed by atoms with Gasteiger partial charge in [-0.1, -0.05) is 60.7 Å². The molecule has 0 aliphatic carbocycles. The normalized spacial score (nSPS) is 16.8. The number of likely N-dealkylation sites (tertiary alicyclic amines) is 1. The summed E-state index contributed by atoms with van der Waals surface area (Å²) in [5, 5.41) is 10.5. The Labute approximate surface area is 143 Å². The van der Waals surface area contributed by atoms with Gasteiger partial charge in [0.2, 0.25) is 5.91 Å². The minimum atomic E-state index is -0.321. The predicted octanol–water partition coefficient (Wildman–Crippen LogP) is 3.07. The molecule has 1 aliphatic heterocycles. The molecular weight excluding hydrogens is 298 g/mol. The summed E-state index contributed by atoms with van der Waals surface area (Å²) in [7, 11) is 0. The van der Waals surface area contributed by atoms with Crippen LogP contribution in [0, 0.1) is 5.92 Å². The Bertz CT molecular complexity index is 633. The highest BCUT2D eigenvalue weighted by molar-refractivity contribution is 5.78. The number of piperidine rings is 1. The molecule has 3 rings (SSSR count). The summed E-state index contributed by atoms with van der Waals surface area (Å²) < 4.78 is 0. The van der Waals surface area contributed by atoms with Crippen molar-refractivity contribution >= 4 is 5.91 Å². The summed E-state index contributed by atoms with van der Waals surface area (Å²) in [5.74, 6) is 0.475. The van der Waals surface area contributed by atoms with Gasteiger partial charge < -0.3 is 10.0 Å². The topological polar surface area (TPSA) is 40.5 Å². The van der Waals surface area contributed by atoms with Crippen LogP contribution in [0.4, 0.5) is 0 Å². The third kappa shape index (κ3) is 4.45. The fourth-order valence-corrected chi connectivity index (χ4v) is 3.44.